The number of Topliss-reactive ketones (excluding diaryl/α,β-unsaturated/α-hetero) is 1. The first kappa shape index (κ1) is 10.6. The standard InChI is InChI=1S/C12H11ClN2O2/c13-8-2-1-7-6-15-10(3-4-11(15)14-17)12(16)9(7)5-8/h1-2,5,10,17H,3-4,6H2/b14-11+. The third-order valence-electron chi connectivity index (χ3n) is 3.45. The van der Waals surface area contributed by atoms with Crippen LogP contribution in [0.1, 0.15) is 28.8 Å². The Hall–Kier alpha value is -1.55. The maximum atomic E-state index is 12.3. The molecule has 1 N–H and O–H groups in total. The van der Waals surface area contributed by atoms with Crippen LogP contribution in [0.2, 0.25) is 5.02 Å². The second kappa shape index (κ2) is 3.74. The lowest BCUT2D eigenvalue weighted by molar-refractivity contribution is 0.0872. The zero-order valence-electron chi connectivity index (χ0n) is 9.06. The Bertz CT molecular complexity index is 527. The van der Waals surface area contributed by atoms with E-state index in [1.165, 1.54) is 0 Å². The van der Waals surface area contributed by atoms with Crippen LogP contribution in [-0.4, -0.2) is 27.8 Å². The van der Waals surface area contributed by atoms with E-state index in [1.54, 1.807) is 12.1 Å². The smallest absolute Gasteiger partial charge is 0.185 e. The molecule has 0 aliphatic carbocycles. The summed E-state index contributed by atoms with van der Waals surface area (Å²) in [7, 11) is 0. The highest BCUT2D eigenvalue weighted by Gasteiger charge is 2.39. The molecule has 0 bridgehead atoms. The Labute approximate surface area is 103 Å². The fraction of sp³-hybridized carbons (Fsp3) is 0.333. The lowest BCUT2D eigenvalue weighted by Gasteiger charge is -2.31. The molecule has 4 nitrogen and oxygen atoms in total. The molecule has 1 aromatic rings. The van der Waals surface area contributed by atoms with E-state index >= 15 is 0 Å². The number of rotatable bonds is 0. The first-order valence-electron chi connectivity index (χ1n) is 5.51. The normalized spacial score (nSPS) is 25.0. The van der Waals surface area contributed by atoms with Gasteiger partial charge in [0.2, 0.25) is 0 Å². The molecule has 0 saturated carbocycles. The Balaban J connectivity index is 2.07. The van der Waals surface area contributed by atoms with Gasteiger partial charge in [-0.15, -0.1) is 0 Å². The quantitative estimate of drug-likeness (QED) is 0.568. The summed E-state index contributed by atoms with van der Waals surface area (Å²) >= 11 is 5.91. The highest BCUT2D eigenvalue weighted by Crippen LogP contribution is 2.32. The summed E-state index contributed by atoms with van der Waals surface area (Å²) in [6.07, 6.45) is 1.36. The number of amidine groups is 1. The molecule has 1 atom stereocenters. The first-order valence-corrected chi connectivity index (χ1v) is 5.88. The molecule has 2 aliphatic heterocycles. The van der Waals surface area contributed by atoms with Crippen molar-refractivity contribution in [2.45, 2.75) is 25.4 Å². The van der Waals surface area contributed by atoms with Crippen molar-refractivity contribution in [3.8, 4) is 0 Å². The van der Waals surface area contributed by atoms with E-state index < -0.39 is 0 Å². The zero-order chi connectivity index (χ0) is 12.0. The van der Waals surface area contributed by atoms with Crippen molar-refractivity contribution >= 4 is 23.2 Å². The van der Waals surface area contributed by atoms with E-state index in [2.05, 4.69) is 5.16 Å². The van der Waals surface area contributed by atoms with Gasteiger partial charge in [-0.25, -0.2) is 0 Å². The SMILES string of the molecule is O=C1c2cc(Cl)ccc2CN2/C(=N/O)CCC12. The van der Waals surface area contributed by atoms with Crippen LogP contribution in [0.25, 0.3) is 0 Å². The van der Waals surface area contributed by atoms with Gasteiger partial charge in [0.1, 0.15) is 5.84 Å². The summed E-state index contributed by atoms with van der Waals surface area (Å²) in [5, 5.41) is 12.7. The van der Waals surface area contributed by atoms with Crippen LogP contribution in [-0.2, 0) is 6.54 Å². The van der Waals surface area contributed by atoms with Gasteiger partial charge in [-0.05, 0) is 24.1 Å². The summed E-state index contributed by atoms with van der Waals surface area (Å²) < 4.78 is 0. The Morgan fingerprint density at radius 2 is 2.29 bits per heavy atom. The topological polar surface area (TPSA) is 52.9 Å². The lowest BCUT2D eigenvalue weighted by Crippen LogP contribution is -2.42. The highest BCUT2D eigenvalue weighted by molar-refractivity contribution is 6.31. The van der Waals surface area contributed by atoms with Gasteiger partial charge in [-0.3, -0.25) is 4.79 Å². The second-order valence-electron chi connectivity index (χ2n) is 4.36. The molecule has 1 saturated heterocycles. The van der Waals surface area contributed by atoms with Crippen molar-refractivity contribution in [3.05, 3.63) is 34.3 Å². The molecule has 0 spiro atoms. The predicted octanol–water partition coefficient (Wildman–Crippen LogP) is 2.29. The van der Waals surface area contributed by atoms with Crippen molar-refractivity contribution in [3.63, 3.8) is 0 Å². The molecule has 0 amide bonds. The number of fused-ring (bicyclic) bond motifs is 2. The van der Waals surface area contributed by atoms with Crippen LogP contribution in [0, 0.1) is 0 Å². The van der Waals surface area contributed by atoms with E-state index in [0.717, 1.165) is 5.56 Å². The van der Waals surface area contributed by atoms with Gasteiger partial charge < -0.3 is 10.1 Å². The molecular formula is C12H11ClN2O2. The molecule has 1 aromatic carbocycles. The number of carbonyl (C=O) groups excluding carboxylic acids is 1. The number of oxime groups is 1. The highest BCUT2D eigenvalue weighted by atomic mass is 35.5. The molecule has 0 radical (unpaired) electrons. The van der Waals surface area contributed by atoms with Gasteiger partial charge in [0.05, 0.1) is 6.04 Å². The van der Waals surface area contributed by atoms with E-state index in [-0.39, 0.29) is 11.8 Å². The van der Waals surface area contributed by atoms with Crippen molar-refractivity contribution in [2.24, 2.45) is 5.16 Å². The largest absolute Gasteiger partial charge is 0.409 e. The van der Waals surface area contributed by atoms with Crippen LogP contribution in [0.3, 0.4) is 0 Å². The fourth-order valence-electron chi connectivity index (χ4n) is 2.61. The Morgan fingerprint density at radius 1 is 1.47 bits per heavy atom. The summed E-state index contributed by atoms with van der Waals surface area (Å²) in [5.41, 5.74) is 1.65. The molecular weight excluding hydrogens is 240 g/mol. The van der Waals surface area contributed by atoms with E-state index in [0.29, 0.717) is 35.8 Å². The minimum atomic E-state index is -0.188. The van der Waals surface area contributed by atoms with Gasteiger partial charge in [0.15, 0.2) is 5.78 Å². The zero-order valence-corrected chi connectivity index (χ0v) is 9.81. The number of halogens is 1. The van der Waals surface area contributed by atoms with Crippen LogP contribution in [0.5, 0.6) is 0 Å². The average Bonchev–Trinajstić information content (AvgIpc) is 2.73. The van der Waals surface area contributed by atoms with E-state index in [4.69, 9.17) is 16.8 Å². The van der Waals surface area contributed by atoms with Crippen LogP contribution in [0.4, 0.5) is 0 Å². The van der Waals surface area contributed by atoms with Crippen molar-refractivity contribution in [1.82, 2.24) is 4.90 Å². The molecule has 0 aromatic heterocycles. The van der Waals surface area contributed by atoms with Gasteiger partial charge >= 0.3 is 0 Å². The molecule has 17 heavy (non-hydrogen) atoms. The van der Waals surface area contributed by atoms with Crippen molar-refractivity contribution in [1.29, 1.82) is 0 Å². The monoisotopic (exact) mass is 250 g/mol. The number of hydrogen-bond acceptors (Lipinski definition) is 3. The molecule has 2 aliphatic rings. The van der Waals surface area contributed by atoms with Crippen molar-refractivity contribution in [2.75, 3.05) is 0 Å². The average molecular weight is 251 g/mol. The fourth-order valence-corrected chi connectivity index (χ4v) is 2.78. The lowest BCUT2D eigenvalue weighted by atomic mass is 9.93. The number of hydrogen-bond donors (Lipinski definition) is 1. The minimum Gasteiger partial charge on any atom is -0.409 e. The van der Waals surface area contributed by atoms with Crippen LogP contribution in [0.15, 0.2) is 23.4 Å². The van der Waals surface area contributed by atoms with Gasteiger partial charge in [0.25, 0.3) is 0 Å². The minimum absolute atomic E-state index is 0.0763. The third kappa shape index (κ3) is 1.52. The predicted molar refractivity (Wildman–Crippen MR) is 63.6 cm³/mol. The van der Waals surface area contributed by atoms with Gasteiger partial charge in [-0.1, -0.05) is 22.8 Å². The number of nitrogens with zero attached hydrogens (tertiary/aromatic N) is 2. The second-order valence-corrected chi connectivity index (χ2v) is 4.80. The van der Waals surface area contributed by atoms with Gasteiger partial charge in [0, 0.05) is 23.6 Å². The Morgan fingerprint density at radius 3 is 3.06 bits per heavy atom. The summed E-state index contributed by atoms with van der Waals surface area (Å²) in [5.74, 6) is 0.677. The number of carbonyl (C=O) groups is 1. The van der Waals surface area contributed by atoms with E-state index in [1.807, 2.05) is 11.0 Å². The molecule has 1 unspecified atom stereocenters. The molecule has 2 heterocycles. The first-order chi connectivity index (χ1) is 8.20. The molecule has 1 fully saturated rings. The van der Waals surface area contributed by atoms with Crippen molar-refractivity contribution < 1.29 is 10.0 Å². The summed E-state index contributed by atoms with van der Waals surface area (Å²) in [6.45, 7) is 0.613. The maximum Gasteiger partial charge on any atom is 0.185 e. The van der Waals surface area contributed by atoms with E-state index in [9.17, 15) is 4.79 Å². The van der Waals surface area contributed by atoms with Crippen LogP contribution < -0.4 is 0 Å². The van der Waals surface area contributed by atoms with Crippen LogP contribution >= 0.6 is 11.6 Å². The number of benzene rings is 1. The third-order valence-corrected chi connectivity index (χ3v) is 3.68. The Kier molecular flexibility index (Phi) is 2.33. The molecule has 88 valence electrons. The maximum absolute atomic E-state index is 12.3. The number of ketones is 1. The summed E-state index contributed by atoms with van der Waals surface area (Å²) in [6, 6.07) is 5.18. The molecule has 3 rings (SSSR count). The van der Waals surface area contributed by atoms with Gasteiger partial charge in [-0.2, -0.15) is 0 Å². The summed E-state index contributed by atoms with van der Waals surface area (Å²) in [4.78, 5) is 14.1. The molecule has 5 heteroatoms.